The monoisotopic (exact) mass is 352 g/mol. The van der Waals surface area contributed by atoms with Gasteiger partial charge in [-0.3, -0.25) is 0 Å². The lowest BCUT2D eigenvalue weighted by molar-refractivity contribution is -0.0500. The molecule has 0 aromatic heterocycles. The third-order valence-electron chi connectivity index (χ3n) is 2.29. The highest BCUT2D eigenvalue weighted by Crippen LogP contribution is 2.29. The molecule has 0 fully saturated rings. The fourth-order valence-electron chi connectivity index (χ4n) is 1.36. The van der Waals surface area contributed by atoms with Gasteiger partial charge in [0.05, 0.1) is 0 Å². The Morgan fingerprint density at radius 3 is 1.73 bits per heavy atom. The second-order valence-corrected chi connectivity index (χ2v) is 5.41. The lowest BCUT2D eigenvalue weighted by atomic mass is 10.3. The van der Waals surface area contributed by atoms with E-state index in [1.807, 2.05) is 0 Å². The largest absolute Gasteiger partial charge is 0.534 e. The first-order chi connectivity index (χ1) is 9.78. The number of hydrogen-bond acceptors (Lipinski definition) is 4. The van der Waals surface area contributed by atoms with Crippen molar-refractivity contribution in [2.45, 2.75) is 5.51 Å². The minimum absolute atomic E-state index is 0. The van der Waals surface area contributed by atoms with Crippen molar-refractivity contribution in [1.82, 2.24) is 0 Å². The van der Waals surface area contributed by atoms with Crippen LogP contribution in [0.15, 0.2) is 54.6 Å². The summed E-state index contributed by atoms with van der Waals surface area (Å²) < 4.78 is 67.4. The van der Waals surface area contributed by atoms with Crippen LogP contribution in [0.25, 0.3) is 0 Å². The minimum atomic E-state index is -5.66. The molecule has 0 saturated heterocycles. The van der Waals surface area contributed by atoms with Crippen LogP contribution in [0.5, 0.6) is 17.2 Å². The van der Waals surface area contributed by atoms with E-state index in [1.54, 1.807) is 30.3 Å². The van der Waals surface area contributed by atoms with E-state index in [1.165, 1.54) is 12.1 Å². The van der Waals surface area contributed by atoms with Crippen molar-refractivity contribution in [3.8, 4) is 17.2 Å². The molecule has 0 unspecified atom stereocenters. The van der Waals surface area contributed by atoms with E-state index in [2.05, 4.69) is 4.18 Å². The van der Waals surface area contributed by atoms with Crippen LogP contribution in [0.4, 0.5) is 13.2 Å². The number of alkyl halides is 3. The fraction of sp³-hybridized carbons (Fsp3) is 0.0769. The van der Waals surface area contributed by atoms with Crippen LogP contribution < -0.4 is 8.92 Å². The number of rotatable bonds is 4. The molecule has 2 rings (SSSR count). The third-order valence-corrected chi connectivity index (χ3v) is 3.27. The summed E-state index contributed by atoms with van der Waals surface area (Å²) in [5, 5.41) is 0. The number of halogens is 3. The van der Waals surface area contributed by atoms with Gasteiger partial charge in [-0.05, 0) is 36.4 Å². The lowest BCUT2D eigenvalue weighted by Crippen LogP contribution is -2.27. The van der Waals surface area contributed by atoms with Crippen LogP contribution in [-0.2, 0) is 10.1 Å². The van der Waals surface area contributed by atoms with E-state index in [0.29, 0.717) is 11.5 Å². The van der Waals surface area contributed by atoms with Crippen molar-refractivity contribution in [2.75, 3.05) is 0 Å². The maximum Gasteiger partial charge on any atom is 0.534 e. The van der Waals surface area contributed by atoms with Crippen molar-refractivity contribution in [3.63, 3.8) is 0 Å². The van der Waals surface area contributed by atoms with Gasteiger partial charge in [0, 0.05) is 0 Å². The Kier molecular flexibility index (Phi) is 5.72. The summed E-state index contributed by atoms with van der Waals surface area (Å²) in [5.74, 6) is 0.416. The molecule has 2 aromatic carbocycles. The smallest absolute Gasteiger partial charge is 0.457 e. The zero-order chi connectivity index (χ0) is 15.5. The second-order valence-electron chi connectivity index (χ2n) is 3.87. The maximum absolute atomic E-state index is 12.1. The molecule has 22 heavy (non-hydrogen) atoms. The summed E-state index contributed by atoms with van der Waals surface area (Å²) >= 11 is 0. The maximum atomic E-state index is 12.1. The van der Waals surface area contributed by atoms with Crippen molar-refractivity contribution >= 4 is 23.6 Å². The van der Waals surface area contributed by atoms with Gasteiger partial charge in [-0.15, -0.1) is 0 Å². The fourth-order valence-corrected chi connectivity index (χ4v) is 1.82. The van der Waals surface area contributed by atoms with E-state index < -0.39 is 21.4 Å². The first kappa shape index (κ1) is 18.2. The Morgan fingerprint density at radius 2 is 1.23 bits per heavy atom. The summed E-state index contributed by atoms with van der Waals surface area (Å²) in [6.45, 7) is 0. The van der Waals surface area contributed by atoms with E-state index in [9.17, 15) is 21.6 Å². The summed E-state index contributed by atoms with van der Waals surface area (Å²) in [4.78, 5) is 0. The molecular formula is C13H11F3O4S2. The number of benzene rings is 2. The standard InChI is InChI=1S/C13H9F3O4S.H2S/c14-13(15,16)21(17,18)20-12-8-6-11(7-9-12)19-10-4-2-1-3-5-10;/h1-9H;1H2. The van der Waals surface area contributed by atoms with Crippen molar-refractivity contribution < 1.29 is 30.5 Å². The average molecular weight is 352 g/mol. The summed E-state index contributed by atoms with van der Waals surface area (Å²) in [5.41, 5.74) is -5.47. The van der Waals surface area contributed by atoms with Crippen LogP contribution in [0.1, 0.15) is 0 Å². The highest BCUT2D eigenvalue weighted by molar-refractivity contribution is 7.88. The van der Waals surface area contributed by atoms with Gasteiger partial charge in [-0.1, -0.05) is 18.2 Å². The molecule has 0 radical (unpaired) electrons. The van der Waals surface area contributed by atoms with E-state index >= 15 is 0 Å². The molecule has 0 aliphatic carbocycles. The van der Waals surface area contributed by atoms with Gasteiger partial charge in [0.15, 0.2) is 0 Å². The number of hydrogen-bond donors (Lipinski definition) is 0. The molecule has 0 heterocycles. The molecule has 0 aliphatic heterocycles. The van der Waals surface area contributed by atoms with Gasteiger partial charge >= 0.3 is 15.6 Å². The van der Waals surface area contributed by atoms with Crippen molar-refractivity contribution in [3.05, 3.63) is 54.6 Å². The van der Waals surface area contributed by atoms with Gasteiger partial charge in [-0.25, -0.2) is 0 Å². The number of ether oxygens (including phenoxy) is 1. The molecule has 0 saturated carbocycles. The lowest BCUT2D eigenvalue weighted by Gasteiger charge is -2.10. The predicted molar refractivity (Wildman–Crippen MR) is 78.9 cm³/mol. The number of para-hydroxylation sites is 1. The molecule has 0 atom stereocenters. The van der Waals surface area contributed by atoms with Crippen LogP contribution in [0.2, 0.25) is 0 Å². The van der Waals surface area contributed by atoms with E-state index in [0.717, 1.165) is 12.1 Å². The molecule has 4 nitrogen and oxygen atoms in total. The third kappa shape index (κ3) is 4.57. The second kappa shape index (κ2) is 6.93. The first-order valence-corrected chi connectivity index (χ1v) is 7.02. The van der Waals surface area contributed by atoms with E-state index in [4.69, 9.17) is 4.74 Å². The Morgan fingerprint density at radius 1 is 0.773 bits per heavy atom. The molecule has 0 aliphatic rings. The van der Waals surface area contributed by atoms with E-state index in [-0.39, 0.29) is 13.5 Å². The average Bonchev–Trinajstić information content (AvgIpc) is 2.41. The Labute approximate surface area is 132 Å². The summed E-state index contributed by atoms with van der Waals surface area (Å²) in [6, 6.07) is 13.4. The quantitative estimate of drug-likeness (QED) is 0.620. The highest BCUT2D eigenvalue weighted by atomic mass is 32.2. The molecule has 0 bridgehead atoms. The minimum Gasteiger partial charge on any atom is -0.457 e. The Balaban J connectivity index is 0.00000242. The Bertz CT molecular complexity index is 698. The topological polar surface area (TPSA) is 52.6 Å². The first-order valence-electron chi connectivity index (χ1n) is 5.62. The van der Waals surface area contributed by atoms with Gasteiger partial charge in [-0.2, -0.15) is 35.1 Å². The van der Waals surface area contributed by atoms with Gasteiger partial charge in [0.25, 0.3) is 0 Å². The summed E-state index contributed by atoms with van der Waals surface area (Å²) in [6.07, 6.45) is 0. The van der Waals surface area contributed by atoms with Crippen LogP contribution >= 0.6 is 13.5 Å². The summed E-state index contributed by atoms with van der Waals surface area (Å²) in [7, 11) is -5.66. The Hall–Kier alpha value is -1.87. The molecule has 0 amide bonds. The molecule has 120 valence electrons. The zero-order valence-electron chi connectivity index (χ0n) is 10.9. The van der Waals surface area contributed by atoms with Crippen molar-refractivity contribution in [1.29, 1.82) is 0 Å². The van der Waals surface area contributed by atoms with Crippen LogP contribution in [-0.4, -0.2) is 13.9 Å². The normalized spacial score (nSPS) is 11.4. The molecule has 0 N–H and O–H groups in total. The molecule has 2 aromatic rings. The van der Waals surface area contributed by atoms with Crippen LogP contribution in [0, 0.1) is 0 Å². The van der Waals surface area contributed by atoms with Gasteiger partial charge in [0.1, 0.15) is 17.2 Å². The van der Waals surface area contributed by atoms with Crippen LogP contribution in [0.3, 0.4) is 0 Å². The van der Waals surface area contributed by atoms with Gasteiger partial charge in [0.2, 0.25) is 0 Å². The highest BCUT2D eigenvalue weighted by Gasteiger charge is 2.48. The zero-order valence-corrected chi connectivity index (χ0v) is 12.7. The predicted octanol–water partition coefficient (Wildman–Crippen LogP) is 3.82. The molecule has 9 heteroatoms. The van der Waals surface area contributed by atoms with Gasteiger partial charge < -0.3 is 8.92 Å². The SMILES string of the molecule is O=S(=O)(Oc1ccc(Oc2ccccc2)cc1)C(F)(F)F.S. The van der Waals surface area contributed by atoms with Crippen molar-refractivity contribution in [2.24, 2.45) is 0 Å². The molecular weight excluding hydrogens is 341 g/mol. The molecule has 0 spiro atoms.